The molecule has 1 heterocycles. The van der Waals surface area contributed by atoms with Crippen LogP contribution in [0.3, 0.4) is 0 Å². The Morgan fingerprint density at radius 2 is 1.83 bits per heavy atom. The van der Waals surface area contributed by atoms with Gasteiger partial charge >= 0.3 is 6.18 Å². The molecule has 0 aliphatic rings. The van der Waals surface area contributed by atoms with Crippen molar-refractivity contribution in [2.24, 2.45) is 0 Å². The van der Waals surface area contributed by atoms with E-state index in [2.05, 4.69) is 5.16 Å². The van der Waals surface area contributed by atoms with Crippen LogP contribution in [-0.2, 0) is 22.7 Å². The monoisotopic (exact) mass is 348 g/mol. The summed E-state index contributed by atoms with van der Waals surface area (Å²) in [6.45, 7) is 2.48. The van der Waals surface area contributed by atoms with Crippen molar-refractivity contribution in [2.45, 2.75) is 31.5 Å². The molecule has 0 spiro atoms. The molecule has 0 bridgehead atoms. The van der Waals surface area contributed by atoms with Crippen molar-refractivity contribution in [1.29, 1.82) is 0 Å². The van der Waals surface area contributed by atoms with Gasteiger partial charge in [-0.05, 0) is 25.5 Å². The lowest BCUT2D eigenvalue weighted by atomic mass is 10.1. The van der Waals surface area contributed by atoms with E-state index in [0.29, 0.717) is 0 Å². The predicted octanol–water partition coefficient (Wildman–Crippen LogP) is 3.13. The Hall–Kier alpha value is -1.87. The first-order chi connectivity index (χ1) is 10.5. The van der Waals surface area contributed by atoms with Crippen molar-refractivity contribution in [3.63, 3.8) is 0 Å². The molecule has 0 atom stereocenters. The molecule has 0 fully saturated rings. The normalized spacial score (nSPS) is 12.8. The molecule has 5 nitrogen and oxygen atoms in total. The minimum absolute atomic E-state index is 0.0958. The van der Waals surface area contributed by atoms with E-state index in [1.54, 1.807) is 0 Å². The van der Waals surface area contributed by atoms with Gasteiger partial charge in [0.15, 0.2) is 5.76 Å². The highest BCUT2D eigenvalue weighted by molar-refractivity contribution is 7.89. The molecule has 0 aliphatic heterocycles. The number of sulfonamides is 1. The molecule has 0 saturated carbocycles. The number of halogens is 3. The van der Waals surface area contributed by atoms with Crippen LogP contribution < -0.4 is 0 Å². The first-order valence-corrected chi connectivity index (χ1v) is 8.03. The van der Waals surface area contributed by atoms with Crippen LogP contribution in [0.25, 0.3) is 0 Å². The zero-order valence-corrected chi connectivity index (χ0v) is 13.5. The Labute approximate surface area is 131 Å². The van der Waals surface area contributed by atoms with Crippen LogP contribution in [0.4, 0.5) is 13.2 Å². The first-order valence-electron chi connectivity index (χ1n) is 6.59. The molecule has 0 aliphatic carbocycles. The molecule has 0 saturated heterocycles. The van der Waals surface area contributed by atoms with Gasteiger partial charge in [0.2, 0.25) is 10.0 Å². The topological polar surface area (TPSA) is 63.4 Å². The summed E-state index contributed by atoms with van der Waals surface area (Å²) in [6, 6.07) is 4.87. The highest BCUT2D eigenvalue weighted by atomic mass is 32.2. The molecule has 0 N–H and O–H groups in total. The Morgan fingerprint density at radius 1 is 1.22 bits per heavy atom. The van der Waals surface area contributed by atoms with Gasteiger partial charge < -0.3 is 4.52 Å². The summed E-state index contributed by atoms with van der Waals surface area (Å²) in [4.78, 5) is -0.121. The lowest BCUT2D eigenvalue weighted by Gasteiger charge is -2.19. The average Bonchev–Trinajstić information content (AvgIpc) is 2.78. The minimum atomic E-state index is -4.55. The van der Waals surface area contributed by atoms with Gasteiger partial charge in [-0.15, -0.1) is 0 Å². The third-order valence-corrected chi connectivity index (χ3v) is 5.40. The smallest absolute Gasteiger partial charge is 0.360 e. The Kier molecular flexibility index (Phi) is 4.54. The van der Waals surface area contributed by atoms with Gasteiger partial charge in [-0.2, -0.15) is 17.5 Å². The molecule has 1 aromatic carbocycles. The molecule has 0 radical (unpaired) electrons. The van der Waals surface area contributed by atoms with E-state index in [-0.39, 0.29) is 21.9 Å². The summed E-state index contributed by atoms with van der Waals surface area (Å²) < 4.78 is 69.8. The van der Waals surface area contributed by atoms with Crippen LogP contribution in [0.2, 0.25) is 0 Å². The van der Waals surface area contributed by atoms with Crippen molar-refractivity contribution in [1.82, 2.24) is 9.46 Å². The van der Waals surface area contributed by atoms with E-state index in [1.807, 2.05) is 0 Å². The van der Waals surface area contributed by atoms with Crippen molar-refractivity contribution < 1.29 is 26.1 Å². The zero-order valence-electron chi connectivity index (χ0n) is 12.7. The van der Waals surface area contributed by atoms with Crippen molar-refractivity contribution in [3.05, 3.63) is 46.8 Å². The van der Waals surface area contributed by atoms with Gasteiger partial charge in [0, 0.05) is 13.6 Å². The fourth-order valence-electron chi connectivity index (χ4n) is 2.26. The second-order valence-corrected chi connectivity index (χ2v) is 7.05. The second-order valence-electron chi connectivity index (χ2n) is 5.07. The highest BCUT2D eigenvalue weighted by Gasteiger charge is 2.35. The van der Waals surface area contributed by atoms with Crippen molar-refractivity contribution in [3.8, 4) is 0 Å². The number of alkyl halides is 3. The third-order valence-electron chi connectivity index (χ3n) is 3.35. The van der Waals surface area contributed by atoms with E-state index in [9.17, 15) is 21.6 Å². The SMILES string of the molecule is Cc1noc(C)c1S(=O)(=O)N(C)Cc1ccccc1C(F)(F)F. The maximum Gasteiger partial charge on any atom is 0.416 e. The molecule has 0 unspecified atom stereocenters. The number of rotatable bonds is 4. The molecular formula is C14H15F3N2O3S. The summed E-state index contributed by atoms with van der Waals surface area (Å²) in [7, 11) is -2.79. The number of benzene rings is 1. The Bertz CT molecular complexity index is 793. The maximum atomic E-state index is 13.0. The van der Waals surface area contributed by atoms with Crippen LogP contribution in [0.15, 0.2) is 33.7 Å². The van der Waals surface area contributed by atoms with E-state index in [4.69, 9.17) is 4.52 Å². The van der Waals surface area contributed by atoms with Gasteiger partial charge in [0.05, 0.1) is 5.56 Å². The highest BCUT2D eigenvalue weighted by Crippen LogP contribution is 2.33. The number of nitrogens with zero attached hydrogens (tertiary/aromatic N) is 2. The molecule has 9 heteroatoms. The average molecular weight is 348 g/mol. The lowest BCUT2D eigenvalue weighted by molar-refractivity contribution is -0.138. The first kappa shape index (κ1) is 17.5. The molecule has 23 heavy (non-hydrogen) atoms. The summed E-state index contributed by atoms with van der Waals surface area (Å²) in [5, 5.41) is 3.57. The van der Waals surface area contributed by atoms with E-state index in [1.165, 1.54) is 39.1 Å². The fourth-order valence-corrected chi connectivity index (χ4v) is 3.69. The fraction of sp³-hybridized carbons (Fsp3) is 0.357. The molecule has 1 aromatic heterocycles. The standard InChI is InChI=1S/C14H15F3N2O3S/c1-9-13(10(2)22-18-9)23(20,21)19(3)8-11-6-4-5-7-12(11)14(15,16)17/h4-7H,8H2,1-3H3. The van der Waals surface area contributed by atoms with Crippen LogP contribution >= 0.6 is 0 Å². The van der Waals surface area contributed by atoms with Crippen molar-refractivity contribution >= 4 is 10.0 Å². The van der Waals surface area contributed by atoms with Gasteiger partial charge in [-0.3, -0.25) is 0 Å². The number of hydrogen-bond donors (Lipinski definition) is 0. The quantitative estimate of drug-likeness (QED) is 0.852. The lowest BCUT2D eigenvalue weighted by Crippen LogP contribution is -2.28. The summed E-state index contributed by atoms with van der Waals surface area (Å²) in [5.74, 6) is 0.0958. The minimum Gasteiger partial charge on any atom is -0.360 e. The molecular weight excluding hydrogens is 333 g/mol. The van der Waals surface area contributed by atoms with Gasteiger partial charge in [0.25, 0.3) is 0 Å². The molecule has 2 rings (SSSR count). The van der Waals surface area contributed by atoms with Crippen LogP contribution in [0.5, 0.6) is 0 Å². The van der Waals surface area contributed by atoms with E-state index in [0.717, 1.165) is 10.4 Å². The van der Waals surface area contributed by atoms with Crippen LogP contribution in [-0.4, -0.2) is 24.9 Å². The molecule has 126 valence electrons. The third kappa shape index (κ3) is 3.40. The second kappa shape index (κ2) is 5.97. The summed E-state index contributed by atoms with van der Waals surface area (Å²) >= 11 is 0. The Morgan fingerprint density at radius 3 is 2.35 bits per heavy atom. The largest absolute Gasteiger partial charge is 0.416 e. The number of aromatic nitrogens is 1. The van der Waals surface area contributed by atoms with Crippen molar-refractivity contribution in [2.75, 3.05) is 7.05 Å². The van der Waals surface area contributed by atoms with Gasteiger partial charge in [-0.25, -0.2) is 8.42 Å². The maximum absolute atomic E-state index is 13.0. The Balaban J connectivity index is 2.39. The van der Waals surface area contributed by atoms with Gasteiger partial charge in [-0.1, -0.05) is 23.4 Å². The number of hydrogen-bond acceptors (Lipinski definition) is 4. The van der Waals surface area contributed by atoms with Gasteiger partial charge in [0.1, 0.15) is 10.6 Å². The predicted molar refractivity (Wildman–Crippen MR) is 76.1 cm³/mol. The van der Waals surface area contributed by atoms with E-state index < -0.39 is 28.3 Å². The zero-order chi connectivity index (χ0) is 17.4. The van der Waals surface area contributed by atoms with Crippen LogP contribution in [0, 0.1) is 13.8 Å². The number of aryl methyl sites for hydroxylation is 2. The van der Waals surface area contributed by atoms with Crippen LogP contribution in [0.1, 0.15) is 22.6 Å². The molecule has 2 aromatic rings. The molecule has 0 amide bonds. The summed E-state index contributed by atoms with van der Waals surface area (Å²) in [5.41, 5.74) is -0.822. The summed E-state index contributed by atoms with van der Waals surface area (Å²) in [6.07, 6.45) is -4.55. The van der Waals surface area contributed by atoms with E-state index >= 15 is 0 Å².